The van der Waals surface area contributed by atoms with Crippen LogP contribution in [0.5, 0.6) is 0 Å². The molecule has 0 atom stereocenters. The third-order valence-corrected chi connectivity index (χ3v) is 6.65. The molecule has 160 valence electrons. The van der Waals surface area contributed by atoms with Crippen molar-refractivity contribution in [1.82, 2.24) is 19.3 Å². The molecule has 0 aliphatic rings. The average molecular weight is 454 g/mol. The largest absolute Gasteiger partial charge is 0.347 e. The molecule has 4 aromatic rings. The Hall–Kier alpha value is -2.77. The predicted octanol–water partition coefficient (Wildman–Crippen LogP) is 5.63. The number of aryl methyl sites for hydroxylation is 1. The number of fused-ring (bicyclic) bond motifs is 1. The molecule has 31 heavy (non-hydrogen) atoms. The maximum atomic E-state index is 12.5. The molecule has 0 spiro atoms. The summed E-state index contributed by atoms with van der Waals surface area (Å²) in [5.41, 5.74) is 3.81. The van der Waals surface area contributed by atoms with Gasteiger partial charge in [0, 0.05) is 46.5 Å². The van der Waals surface area contributed by atoms with Gasteiger partial charge in [0.1, 0.15) is 0 Å². The van der Waals surface area contributed by atoms with Gasteiger partial charge in [-0.1, -0.05) is 47.6 Å². The van der Waals surface area contributed by atoms with Crippen molar-refractivity contribution >= 4 is 45.9 Å². The molecule has 2 aromatic carbocycles. The van der Waals surface area contributed by atoms with Gasteiger partial charge in [0.25, 0.3) is 0 Å². The fourth-order valence-electron chi connectivity index (χ4n) is 3.63. The number of nitrogens with one attached hydrogen (secondary N) is 1. The molecule has 0 saturated heterocycles. The maximum Gasteiger partial charge on any atom is 0.234 e. The lowest BCUT2D eigenvalue weighted by Gasteiger charge is -2.10. The number of hydrogen-bond acceptors (Lipinski definition) is 4. The van der Waals surface area contributed by atoms with Crippen LogP contribution in [0.2, 0.25) is 5.02 Å². The molecule has 0 radical (unpaired) electrons. The number of amides is 1. The van der Waals surface area contributed by atoms with Crippen LogP contribution in [0.25, 0.3) is 22.3 Å². The van der Waals surface area contributed by atoms with Crippen molar-refractivity contribution in [2.75, 3.05) is 11.1 Å². The summed E-state index contributed by atoms with van der Waals surface area (Å²) < 4.78 is 4.28. The van der Waals surface area contributed by atoms with E-state index in [4.69, 9.17) is 11.6 Å². The van der Waals surface area contributed by atoms with Gasteiger partial charge in [0.2, 0.25) is 5.91 Å². The molecule has 0 saturated carbocycles. The lowest BCUT2D eigenvalue weighted by Crippen LogP contribution is -2.15. The van der Waals surface area contributed by atoms with Gasteiger partial charge in [-0.3, -0.25) is 4.79 Å². The molecule has 0 bridgehead atoms. The number of halogens is 1. The van der Waals surface area contributed by atoms with Gasteiger partial charge in [-0.05, 0) is 44.5 Å². The number of benzene rings is 2. The highest BCUT2D eigenvalue weighted by atomic mass is 35.5. The molecule has 8 heteroatoms. The summed E-state index contributed by atoms with van der Waals surface area (Å²) in [4.78, 5) is 12.5. The van der Waals surface area contributed by atoms with E-state index >= 15 is 0 Å². The molecule has 4 rings (SSSR count). The summed E-state index contributed by atoms with van der Waals surface area (Å²) in [5.74, 6) is 0.950. The van der Waals surface area contributed by atoms with Gasteiger partial charge in [-0.25, -0.2) is 0 Å². The first kappa shape index (κ1) is 21.5. The molecular weight excluding hydrogens is 430 g/mol. The zero-order valence-electron chi connectivity index (χ0n) is 17.7. The normalized spacial score (nSPS) is 11.2. The Labute approximate surface area is 190 Å². The number of anilines is 1. The average Bonchev–Trinajstić information content (AvgIpc) is 3.36. The molecule has 2 heterocycles. The lowest BCUT2D eigenvalue weighted by molar-refractivity contribution is -0.113. The molecule has 0 aliphatic carbocycles. The lowest BCUT2D eigenvalue weighted by atomic mass is 10.1. The second-order valence-electron chi connectivity index (χ2n) is 7.15. The van der Waals surface area contributed by atoms with Gasteiger partial charge in [-0.2, -0.15) is 0 Å². The number of thioether (sulfide) groups is 1. The third-order valence-electron chi connectivity index (χ3n) is 5.28. The van der Waals surface area contributed by atoms with Crippen LogP contribution in [-0.4, -0.2) is 31.0 Å². The van der Waals surface area contributed by atoms with Crippen LogP contribution in [0.1, 0.15) is 19.4 Å². The summed E-state index contributed by atoms with van der Waals surface area (Å²) in [7, 11) is 0. The quantitative estimate of drug-likeness (QED) is 0.368. The second kappa shape index (κ2) is 9.16. The van der Waals surface area contributed by atoms with Crippen molar-refractivity contribution < 1.29 is 4.79 Å². The highest BCUT2D eigenvalue weighted by Gasteiger charge is 2.19. The minimum absolute atomic E-state index is 0.106. The van der Waals surface area contributed by atoms with Crippen molar-refractivity contribution in [3.8, 4) is 11.4 Å². The summed E-state index contributed by atoms with van der Waals surface area (Å²) in [6, 6.07) is 13.8. The molecule has 2 aromatic heterocycles. The van der Waals surface area contributed by atoms with Crippen molar-refractivity contribution in [3.63, 3.8) is 0 Å². The fourth-order valence-corrected chi connectivity index (χ4v) is 4.60. The van der Waals surface area contributed by atoms with Crippen molar-refractivity contribution in [1.29, 1.82) is 0 Å². The number of aromatic nitrogens is 4. The van der Waals surface area contributed by atoms with Crippen LogP contribution >= 0.6 is 23.4 Å². The van der Waals surface area contributed by atoms with Gasteiger partial charge in [0.05, 0.1) is 5.75 Å². The highest BCUT2D eigenvalue weighted by Crippen LogP contribution is 2.32. The van der Waals surface area contributed by atoms with E-state index in [1.54, 1.807) is 0 Å². The van der Waals surface area contributed by atoms with Crippen molar-refractivity contribution in [2.24, 2.45) is 0 Å². The number of nitrogens with zero attached hydrogens (tertiary/aromatic N) is 4. The van der Waals surface area contributed by atoms with Crippen molar-refractivity contribution in [3.05, 3.63) is 59.2 Å². The van der Waals surface area contributed by atoms with E-state index in [2.05, 4.69) is 56.8 Å². The minimum Gasteiger partial charge on any atom is -0.347 e. The zero-order valence-corrected chi connectivity index (χ0v) is 19.3. The standard InChI is InChI=1S/C23H24ClN5OS/c1-4-28-13-17(16-9-6-7-12-20(16)28)22-26-27-23(29(22)5-2)31-14-21(30)25-19-11-8-10-18(24)15(19)3/h6-13H,4-5,14H2,1-3H3,(H,25,30). The molecular formula is C23H24ClN5OS. The Balaban J connectivity index is 1.55. The summed E-state index contributed by atoms with van der Waals surface area (Å²) >= 11 is 7.52. The van der Waals surface area contributed by atoms with Gasteiger partial charge in [0.15, 0.2) is 11.0 Å². The number of carbonyl (C=O) groups excluding carboxylic acids is 1. The van der Waals surface area contributed by atoms with Crippen LogP contribution in [-0.2, 0) is 17.9 Å². The van der Waals surface area contributed by atoms with Crippen LogP contribution in [0.4, 0.5) is 5.69 Å². The van der Waals surface area contributed by atoms with E-state index in [1.165, 1.54) is 17.3 Å². The van der Waals surface area contributed by atoms with Crippen LogP contribution in [0.3, 0.4) is 0 Å². The number of rotatable bonds is 7. The monoisotopic (exact) mass is 453 g/mol. The molecule has 0 unspecified atom stereocenters. The summed E-state index contributed by atoms with van der Waals surface area (Å²) in [6.07, 6.45) is 2.13. The van der Waals surface area contributed by atoms with Gasteiger partial charge in [-0.15, -0.1) is 10.2 Å². The first-order chi connectivity index (χ1) is 15.0. The molecule has 0 aliphatic heterocycles. The molecule has 0 fully saturated rings. The maximum absolute atomic E-state index is 12.5. The molecule has 1 amide bonds. The first-order valence-corrected chi connectivity index (χ1v) is 11.6. The zero-order chi connectivity index (χ0) is 22.0. The highest BCUT2D eigenvalue weighted by molar-refractivity contribution is 7.99. The van der Waals surface area contributed by atoms with E-state index in [1.807, 2.05) is 37.3 Å². The molecule has 6 nitrogen and oxygen atoms in total. The fraction of sp³-hybridized carbons (Fsp3) is 0.261. The second-order valence-corrected chi connectivity index (χ2v) is 8.50. The number of carbonyl (C=O) groups is 1. The number of hydrogen-bond donors (Lipinski definition) is 1. The van der Waals surface area contributed by atoms with E-state index in [0.717, 1.165) is 39.7 Å². The SMILES string of the molecule is CCn1c(SCC(=O)Nc2cccc(Cl)c2C)nnc1-c1cn(CC)c2ccccc12. The topological polar surface area (TPSA) is 64.7 Å². The smallest absolute Gasteiger partial charge is 0.234 e. The van der Waals surface area contributed by atoms with E-state index in [0.29, 0.717) is 11.6 Å². The van der Waals surface area contributed by atoms with Crippen molar-refractivity contribution in [2.45, 2.75) is 39.0 Å². The van der Waals surface area contributed by atoms with E-state index < -0.39 is 0 Å². The van der Waals surface area contributed by atoms with Gasteiger partial charge < -0.3 is 14.5 Å². The Morgan fingerprint density at radius 3 is 2.68 bits per heavy atom. The Kier molecular flexibility index (Phi) is 6.34. The van der Waals surface area contributed by atoms with Crippen LogP contribution < -0.4 is 5.32 Å². The van der Waals surface area contributed by atoms with Gasteiger partial charge >= 0.3 is 0 Å². The predicted molar refractivity (Wildman–Crippen MR) is 128 cm³/mol. The van der Waals surface area contributed by atoms with E-state index in [9.17, 15) is 4.79 Å². The van der Waals surface area contributed by atoms with Crippen LogP contribution in [0, 0.1) is 6.92 Å². The Morgan fingerprint density at radius 2 is 1.90 bits per heavy atom. The number of para-hydroxylation sites is 1. The summed E-state index contributed by atoms with van der Waals surface area (Å²) in [6.45, 7) is 7.67. The molecule has 1 N–H and O–H groups in total. The van der Waals surface area contributed by atoms with Crippen LogP contribution in [0.15, 0.2) is 53.8 Å². The Bertz CT molecular complexity index is 1250. The summed E-state index contributed by atoms with van der Waals surface area (Å²) in [5, 5.41) is 14.3. The Morgan fingerprint density at radius 1 is 1.10 bits per heavy atom. The minimum atomic E-state index is -0.106. The van der Waals surface area contributed by atoms with E-state index in [-0.39, 0.29) is 11.7 Å². The first-order valence-electron chi connectivity index (χ1n) is 10.2. The third kappa shape index (κ3) is 4.20.